The molecule has 0 atom stereocenters. The van der Waals surface area contributed by atoms with Crippen molar-refractivity contribution in [2.75, 3.05) is 6.54 Å². The van der Waals surface area contributed by atoms with E-state index in [4.69, 9.17) is 0 Å². The van der Waals surface area contributed by atoms with Gasteiger partial charge in [0.2, 0.25) is 0 Å². The Balaban J connectivity index is 2.69. The Bertz CT molecular complexity index is 397. The van der Waals surface area contributed by atoms with Crippen molar-refractivity contribution in [3.05, 3.63) is 29.3 Å². The van der Waals surface area contributed by atoms with Crippen molar-refractivity contribution in [1.82, 2.24) is 5.32 Å². The van der Waals surface area contributed by atoms with E-state index in [0.717, 1.165) is 12.1 Å². The predicted octanol–water partition coefficient (Wildman–Crippen LogP) is 3.83. The number of benzene rings is 1. The zero-order valence-electron chi connectivity index (χ0n) is 12.6. The molecule has 0 saturated carbocycles. The van der Waals surface area contributed by atoms with Crippen LogP contribution in [0.2, 0.25) is 0 Å². The van der Waals surface area contributed by atoms with Gasteiger partial charge in [-0.25, -0.2) is 0 Å². The van der Waals surface area contributed by atoms with Crippen LogP contribution in [0.1, 0.15) is 52.7 Å². The van der Waals surface area contributed by atoms with Crippen LogP contribution >= 0.6 is 0 Å². The molecule has 2 nitrogen and oxygen atoms in total. The normalized spacial score (nSPS) is 12.8. The summed E-state index contributed by atoms with van der Waals surface area (Å²) < 4.78 is 0. The maximum absolute atomic E-state index is 10.0. The predicted molar refractivity (Wildman–Crippen MR) is 78.0 cm³/mol. The summed E-state index contributed by atoms with van der Waals surface area (Å²) in [6.45, 7) is 14.7. The third-order valence-electron chi connectivity index (χ3n) is 2.92. The average Bonchev–Trinajstić information content (AvgIpc) is 2.17. The number of aromatic hydroxyl groups is 1. The molecule has 0 heterocycles. The molecule has 0 saturated heterocycles. The number of rotatable bonds is 3. The highest BCUT2D eigenvalue weighted by atomic mass is 16.3. The molecule has 1 aromatic rings. The van der Waals surface area contributed by atoms with Gasteiger partial charge in [-0.15, -0.1) is 0 Å². The van der Waals surface area contributed by atoms with Crippen LogP contribution in [0.4, 0.5) is 0 Å². The first-order valence-corrected chi connectivity index (χ1v) is 6.63. The van der Waals surface area contributed by atoms with Crippen LogP contribution in [0.5, 0.6) is 5.75 Å². The maximum atomic E-state index is 10.0. The Morgan fingerprint density at radius 2 is 1.67 bits per heavy atom. The van der Waals surface area contributed by atoms with E-state index in [2.05, 4.69) is 52.9 Å². The molecule has 0 radical (unpaired) electrons. The molecule has 18 heavy (non-hydrogen) atoms. The third-order valence-corrected chi connectivity index (χ3v) is 2.92. The summed E-state index contributed by atoms with van der Waals surface area (Å²) in [4.78, 5) is 0. The van der Waals surface area contributed by atoms with Crippen molar-refractivity contribution < 1.29 is 5.11 Å². The lowest BCUT2D eigenvalue weighted by Gasteiger charge is -2.21. The first kappa shape index (κ1) is 15.0. The number of phenolic OH excluding ortho intramolecular Hbond substituents is 1. The van der Waals surface area contributed by atoms with Gasteiger partial charge in [-0.3, -0.25) is 0 Å². The van der Waals surface area contributed by atoms with Gasteiger partial charge in [0, 0.05) is 18.7 Å². The lowest BCUT2D eigenvalue weighted by atomic mass is 9.86. The Hall–Kier alpha value is -1.02. The summed E-state index contributed by atoms with van der Waals surface area (Å²) in [5.74, 6) is 0.392. The van der Waals surface area contributed by atoms with Gasteiger partial charge in [0.25, 0.3) is 0 Å². The van der Waals surface area contributed by atoms with E-state index in [1.54, 1.807) is 0 Å². The van der Waals surface area contributed by atoms with Crippen molar-refractivity contribution >= 4 is 0 Å². The summed E-state index contributed by atoms with van der Waals surface area (Å²) in [5.41, 5.74) is 2.47. The fraction of sp³-hybridized carbons (Fsp3) is 0.625. The number of phenols is 1. The van der Waals surface area contributed by atoms with Gasteiger partial charge in [0.1, 0.15) is 5.75 Å². The summed E-state index contributed by atoms with van der Waals surface area (Å²) in [6.07, 6.45) is 0. The standard InChI is InChI=1S/C16H27NO/c1-15(2,3)11-17-10-12-7-8-13(9-14(12)18)16(4,5)6/h7-9,17-18H,10-11H2,1-6H3. The average molecular weight is 249 g/mol. The van der Waals surface area contributed by atoms with Gasteiger partial charge in [0.15, 0.2) is 0 Å². The molecule has 1 rings (SSSR count). The lowest BCUT2D eigenvalue weighted by Crippen LogP contribution is -2.26. The number of hydrogen-bond acceptors (Lipinski definition) is 2. The second-order valence-electron chi connectivity index (χ2n) is 7.26. The van der Waals surface area contributed by atoms with E-state index < -0.39 is 0 Å². The molecule has 0 bridgehead atoms. The van der Waals surface area contributed by atoms with Crippen molar-refractivity contribution in [2.45, 2.75) is 53.5 Å². The summed E-state index contributed by atoms with van der Waals surface area (Å²) in [5, 5.41) is 13.4. The number of nitrogens with one attached hydrogen (secondary N) is 1. The van der Waals surface area contributed by atoms with E-state index in [-0.39, 0.29) is 10.8 Å². The van der Waals surface area contributed by atoms with Crippen LogP contribution < -0.4 is 5.32 Å². The Morgan fingerprint density at radius 3 is 2.11 bits per heavy atom. The molecule has 102 valence electrons. The molecule has 0 aliphatic carbocycles. The molecule has 0 fully saturated rings. The summed E-state index contributed by atoms with van der Waals surface area (Å²) in [6, 6.07) is 6.01. The molecule has 0 aliphatic rings. The third kappa shape index (κ3) is 4.69. The highest BCUT2D eigenvalue weighted by Gasteiger charge is 2.15. The van der Waals surface area contributed by atoms with E-state index in [1.807, 2.05) is 12.1 Å². The van der Waals surface area contributed by atoms with Crippen LogP contribution in [0, 0.1) is 5.41 Å². The molecule has 0 aromatic heterocycles. The highest BCUT2D eigenvalue weighted by Crippen LogP contribution is 2.27. The van der Waals surface area contributed by atoms with Crippen LogP contribution in [-0.2, 0) is 12.0 Å². The van der Waals surface area contributed by atoms with Gasteiger partial charge in [-0.05, 0) is 22.5 Å². The molecule has 2 heteroatoms. The minimum absolute atomic E-state index is 0.0782. The zero-order chi connectivity index (χ0) is 14.0. The van der Waals surface area contributed by atoms with Crippen LogP contribution in [0.15, 0.2) is 18.2 Å². The largest absolute Gasteiger partial charge is 0.508 e. The fourth-order valence-electron chi connectivity index (χ4n) is 1.75. The van der Waals surface area contributed by atoms with E-state index in [9.17, 15) is 5.11 Å². The van der Waals surface area contributed by atoms with Crippen LogP contribution in [0.25, 0.3) is 0 Å². The van der Waals surface area contributed by atoms with Crippen LogP contribution in [0.3, 0.4) is 0 Å². The molecule has 1 aromatic carbocycles. The SMILES string of the molecule is CC(C)(C)CNCc1ccc(C(C)(C)C)cc1O. The highest BCUT2D eigenvalue weighted by molar-refractivity contribution is 5.38. The van der Waals surface area contributed by atoms with Crippen molar-refractivity contribution in [1.29, 1.82) is 0 Å². The summed E-state index contributed by atoms with van der Waals surface area (Å²) >= 11 is 0. The van der Waals surface area contributed by atoms with Crippen molar-refractivity contribution in [3.8, 4) is 5.75 Å². The molecular weight excluding hydrogens is 222 g/mol. The van der Waals surface area contributed by atoms with E-state index in [0.29, 0.717) is 12.3 Å². The molecule has 0 aliphatic heterocycles. The van der Waals surface area contributed by atoms with Gasteiger partial charge in [-0.1, -0.05) is 53.7 Å². The topological polar surface area (TPSA) is 32.3 Å². The van der Waals surface area contributed by atoms with Gasteiger partial charge in [-0.2, -0.15) is 0 Å². The molecule has 0 amide bonds. The second kappa shape index (κ2) is 5.31. The van der Waals surface area contributed by atoms with Gasteiger partial charge >= 0.3 is 0 Å². The van der Waals surface area contributed by atoms with Crippen molar-refractivity contribution in [2.24, 2.45) is 5.41 Å². The maximum Gasteiger partial charge on any atom is 0.120 e. The van der Waals surface area contributed by atoms with Crippen LogP contribution in [-0.4, -0.2) is 11.7 Å². The minimum atomic E-state index is 0.0782. The van der Waals surface area contributed by atoms with Crippen molar-refractivity contribution in [3.63, 3.8) is 0 Å². The molecule has 0 unspecified atom stereocenters. The Labute approximate surface area is 111 Å². The summed E-state index contributed by atoms with van der Waals surface area (Å²) in [7, 11) is 0. The molecular formula is C16H27NO. The number of hydrogen-bond donors (Lipinski definition) is 2. The van der Waals surface area contributed by atoms with E-state index in [1.165, 1.54) is 5.56 Å². The second-order valence-corrected chi connectivity index (χ2v) is 7.26. The van der Waals surface area contributed by atoms with Gasteiger partial charge in [0.05, 0.1) is 0 Å². The lowest BCUT2D eigenvalue weighted by molar-refractivity contribution is 0.376. The minimum Gasteiger partial charge on any atom is -0.508 e. The fourth-order valence-corrected chi connectivity index (χ4v) is 1.75. The monoisotopic (exact) mass is 249 g/mol. The van der Waals surface area contributed by atoms with Gasteiger partial charge < -0.3 is 10.4 Å². The zero-order valence-corrected chi connectivity index (χ0v) is 12.6. The van der Waals surface area contributed by atoms with E-state index >= 15 is 0 Å². The first-order valence-electron chi connectivity index (χ1n) is 6.63. The molecule has 0 spiro atoms. The Morgan fingerprint density at radius 1 is 1.06 bits per heavy atom. The Kier molecular flexibility index (Phi) is 4.44. The first-order chi connectivity index (χ1) is 8.09. The quantitative estimate of drug-likeness (QED) is 0.853. The smallest absolute Gasteiger partial charge is 0.120 e. The molecule has 2 N–H and O–H groups in total.